The number of amides is 1. The zero-order valence-corrected chi connectivity index (χ0v) is 17.3. The Hall–Kier alpha value is -2.32. The van der Waals surface area contributed by atoms with E-state index >= 15 is 0 Å². The Bertz CT molecular complexity index is 902. The fraction of sp³-hybridized carbons (Fsp3) is 0.409. The molecular formula is C22H25ClN4O3. The van der Waals surface area contributed by atoms with Gasteiger partial charge in [0.15, 0.2) is 11.5 Å². The maximum atomic E-state index is 12.9. The number of halogens is 1. The highest BCUT2D eigenvalue weighted by atomic mass is 35.5. The first-order valence-corrected chi connectivity index (χ1v) is 10.7. The van der Waals surface area contributed by atoms with Crippen molar-refractivity contribution in [1.29, 1.82) is 0 Å². The van der Waals surface area contributed by atoms with E-state index in [0.717, 1.165) is 24.5 Å². The normalized spacial score (nSPS) is 26.6. The van der Waals surface area contributed by atoms with Gasteiger partial charge in [0.25, 0.3) is 5.91 Å². The number of fused-ring (bicyclic) bond motifs is 1. The van der Waals surface area contributed by atoms with Crippen molar-refractivity contribution in [3.8, 4) is 11.5 Å². The highest BCUT2D eigenvalue weighted by Crippen LogP contribution is 2.31. The van der Waals surface area contributed by atoms with Gasteiger partial charge in [0.1, 0.15) is 6.61 Å². The molecule has 0 radical (unpaired) electrons. The standard InChI is InChI=1S/C22H25ClN4O3/c23-16-7-5-15(6-8-16)17-13-21(25-24-17)26-9-11-27(12-10-26)22(28)20-14-29-18-3-1-2-4-19(18)30-20/h1-8,17,20-21,24-25H,9-14H2. The summed E-state index contributed by atoms with van der Waals surface area (Å²) in [4.78, 5) is 17.2. The number of benzene rings is 2. The number of carbonyl (C=O) groups is 1. The maximum Gasteiger partial charge on any atom is 0.267 e. The third-order valence-corrected chi connectivity index (χ3v) is 6.26. The number of carbonyl (C=O) groups excluding carboxylic acids is 1. The van der Waals surface area contributed by atoms with Gasteiger partial charge in [0.05, 0.1) is 6.17 Å². The number of hydrogen-bond acceptors (Lipinski definition) is 6. The summed E-state index contributed by atoms with van der Waals surface area (Å²) >= 11 is 6.00. The predicted molar refractivity (Wildman–Crippen MR) is 113 cm³/mol. The monoisotopic (exact) mass is 428 g/mol. The van der Waals surface area contributed by atoms with Crippen LogP contribution in [0.4, 0.5) is 0 Å². The fourth-order valence-corrected chi connectivity index (χ4v) is 4.42. The first-order chi connectivity index (χ1) is 14.7. The number of ether oxygens (including phenoxy) is 2. The lowest BCUT2D eigenvalue weighted by molar-refractivity contribution is -0.143. The summed E-state index contributed by atoms with van der Waals surface area (Å²) in [7, 11) is 0. The van der Waals surface area contributed by atoms with Crippen LogP contribution in [-0.4, -0.2) is 60.8 Å². The number of rotatable bonds is 3. The van der Waals surface area contributed by atoms with Gasteiger partial charge in [-0.1, -0.05) is 35.9 Å². The molecule has 3 aliphatic heterocycles. The molecule has 0 aromatic heterocycles. The van der Waals surface area contributed by atoms with Crippen LogP contribution in [0.1, 0.15) is 18.0 Å². The van der Waals surface area contributed by atoms with Gasteiger partial charge in [-0.2, -0.15) is 0 Å². The molecule has 2 fully saturated rings. The van der Waals surface area contributed by atoms with Crippen LogP contribution in [0.2, 0.25) is 5.02 Å². The van der Waals surface area contributed by atoms with Crippen LogP contribution in [0.15, 0.2) is 48.5 Å². The van der Waals surface area contributed by atoms with Gasteiger partial charge >= 0.3 is 0 Å². The van der Waals surface area contributed by atoms with Crippen molar-refractivity contribution in [3.63, 3.8) is 0 Å². The smallest absolute Gasteiger partial charge is 0.267 e. The zero-order valence-electron chi connectivity index (χ0n) is 16.6. The van der Waals surface area contributed by atoms with Crippen molar-refractivity contribution in [2.45, 2.75) is 24.7 Å². The third kappa shape index (κ3) is 3.98. The molecule has 2 N–H and O–H groups in total. The highest BCUT2D eigenvalue weighted by molar-refractivity contribution is 6.30. The van der Waals surface area contributed by atoms with Gasteiger partial charge < -0.3 is 14.4 Å². The second-order valence-electron chi connectivity index (χ2n) is 7.87. The van der Waals surface area contributed by atoms with Gasteiger partial charge in [-0.3, -0.25) is 9.69 Å². The van der Waals surface area contributed by atoms with E-state index in [1.807, 2.05) is 41.3 Å². The van der Waals surface area contributed by atoms with Gasteiger partial charge in [-0.25, -0.2) is 10.9 Å². The van der Waals surface area contributed by atoms with Crippen LogP contribution < -0.4 is 20.3 Å². The second-order valence-corrected chi connectivity index (χ2v) is 8.31. The molecule has 2 aromatic rings. The van der Waals surface area contributed by atoms with Crippen LogP contribution in [0.5, 0.6) is 11.5 Å². The lowest BCUT2D eigenvalue weighted by Gasteiger charge is -2.39. The summed E-state index contributed by atoms with van der Waals surface area (Å²) in [6, 6.07) is 15.7. The average Bonchev–Trinajstić information content (AvgIpc) is 3.29. The van der Waals surface area contributed by atoms with Gasteiger partial charge in [-0.05, 0) is 36.2 Å². The highest BCUT2D eigenvalue weighted by Gasteiger charge is 2.35. The Kier molecular flexibility index (Phi) is 5.52. The van der Waals surface area contributed by atoms with Gasteiger partial charge in [0, 0.05) is 37.2 Å². The SMILES string of the molecule is O=C(C1COc2ccccc2O1)N1CCN(C2CC(c3ccc(Cl)cc3)NN2)CC1. The van der Waals surface area contributed by atoms with Crippen molar-refractivity contribution in [2.24, 2.45) is 0 Å². The second kappa shape index (κ2) is 8.43. The third-order valence-electron chi connectivity index (χ3n) is 6.01. The van der Waals surface area contributed by atoms with E-state index in [4.69, 9.17) is 21.1 Å². The fourth-order valence-electron chi connectivity index (χ4n) is 4.29. The number of nitrogens with zero attached hydrogens (tertiary/aromatic N) is 2. The number of piperazine rings is 1. The van der Waals surface area contributed by atoms with Crippen molar-refractivity contribution >= 4 is 17.5 Å². The van der Waals surface area contributed by atoms with E-state index in [2.05, 4.69) is 27.9 Å². The predicted octanol–water partition coefficient (Wildman–Crippen LogP) is 2.19. The van der Waals surface area contributed by atoms with Crippen LogP contribution in [0.3, 0.4) is 0 Å². The van der Waals surface area contributed by atoms with Crippen molar-refractivity contribution in [1.82, 2.24) is 20.7 Å². The molecule has 0 spiro atoms. The minimum absolute atomic E-state index is 0.000648. The zero-order chi connectivity index (χ0) is 20.5. The summed E-state index contributed by atoms with van der Waals surface area (Å²) in [6.07, 6.45) is 0.627. The van der Waals surface area contributed by atoms with E-state index < -0.39 is 6.10 Å². The van der Waals surface area contributed by atoms with E-state index in [1.54, 1.807) is 0 Å². The molecule has 2 aromatic carbocycles. The summed E-state index contributed by atoms with van der Waals surface area (Å²) in [6.45, 7) is 3.27. The van der Waals surface area contributed by atoms with E-state index in [9.17, 15) is 4.79 Å². The van der Waals surface area contributed by atoms with Crippen LogP contribution in [0.25, 0.3) is 0 Å². The molecule has 3 aliphatic rings. The number of para-hydroxylation sites is 2. The molecule has 7 nitrogen and oxygen atoms in total. The molecule has 3 heterocycles. The lowest BCUT2D eigenvalue weighted by atomic mass is 10.0. The van der Waals surface area contributed by atoms with E-state index in [-0.39, 0.29) is 24.7 Å². The molecule has 0 saturated carbocycles. The molecule has 5 rings (SSSR count). The average molecular weight is 429 g/mol. The van der Waals surface area contributed by atoms with E-state index in [0.29, 0.717) is 24.6 Å². The summed E-state index contributed by atoms with van der Waals surface area (Å²) in [5.74, 6) is 1.33. The minimum Gasteiger partial charge on any atom is -0.485 e. The van der Waals surface area contributed by atoms with Crippen LogP contribution in [0, 0.1) is 0 Å². The number of nitrogens with one attached hydrogen (secondary N) is 2. The molecule has 158 valence electrons. The summed E-state index contributed by atoms with van der Waals surface area (Å²) < 4.78 is 11.6. The van der Waals surface area contributed by atoms with Crippen molar-refractivity contribution in [2.75, 3.05) is 32.8 Å². The quantitative estimate of drug-likeness (QED) is 0.781. The Morgan fingerprint density at radius 1 is 0.967 bits per heavy atom. The van der Waals surface area contributed by atoms with Crippen molar-refractivity contribution in [3.05, 3.63) is 59.1 Å². The molecule has 2 saturated heterocycles. The molecule has 30 heavy (non-hydrogen) atoms. The first-order valence-electron chi connectivity index (χ1n) is 10.4. The Morgan fingerprint density at radius 2 is 1.70 bits per heavy atom. The molecular weight excluding hydrogens is 404 g/mol. The van der Waals surface area contributed by atoms with Crippen LogP contribution in [-0.2, 0) is 4.79 Å². The van der Waals surface area contributed by atoms with Gasteiger partial charge in [-0.15, -0.1) is 0 Å². The number of hydrogen-bond donors (Lipinski definition) is 2. The topological polar surface area (TPSA) is 66.1 Å². The van der Waals surface area contributed by atoms with Crippen molar-refractivity contribution < 1.29 is 14.3 Å². The molecule has 1 amide bonds. The molecule has 3 unspecified atom stereocenters. The molecule has 8 heteroatoms. The lowest BCUT2D eigenvalue weighted by Crippen LogP contribution is -2.57. The summed E-state index contributed by atoms with van der Waals surface area (Å²) in [5, 5.41) is 0.748. The minimum atomic E-state index is -0.577. The molecule has 0 aliphatic carbocycles. The first kappa shape index (κ1) is 19.6. The Labute approximate surface area is 180 Å². The van der Waals surface area contributed by atoms with Gasteiger partial charge in [0.2, 0.25) is 6.10 Å². The van der Waals surface area contributed by atoms with E-state index in [1.165, 1.54) is 5.56 Å². The summed E-state index contributed by atoms with van der Waals surface area (Å²) in [5.41, 5.74) is 8.01. The Balaban J connectivity index is 1.13. The maximum absolute atomic E-state index is 12.9. The molecule has 0 bridgehead atoms. The largest absolute Gasteiger partial charge is 0.485 e. The number of hydrazine groups is 1. The van der Waals surface area contributed by atoms with Crippen LogP contribution >= 0.6 is 11.6 Å². The molecule has 3 atom stereocenters. The Morgan fingerprint density at radius 3 is 2.47 bits per heavy atom.